The maximum absolute atomic E-state index is 13.0. The highest BCUT2D eigenvalue weighted by Crippen LogP contribution is 2.45. The molecule has 1 N–H and O–H groups in total. The van der Waals surface area contributed by atoms with E-state index < -0.39 is 5.60 Å². The van der Waals surface area contributed by atoms with Crippen molar-refractivity contribution in [3.05, 3.63) is 102 Å². The summed E-state index contributed by atoms with van der Waals surface area (Å²) in [7, 11) is 0. The largest absolute Gasteiger partial charge is 0.431 e. The molecule has 2 aromatic carbocycles. The van der Waals surface area contributed by atoms with Crippen molar-refractivity contribution in [2.45, 2.75) is 18.2 Å². The molecule has 0 spiro atoms. The molecule has 0 saturated carbocycles. The first-order chi connectivity index (χ1) is 15.7. The van der Waals surface area contributed by atoms with E-state index in [4.69, 9.17) is 4.74 Å². The van der Waals surface area contributed by atoms with Crippen LogP contribution in [0.1, 0.15) is 16.7 Å². The number of hydrogen-bond donors (Lipinski definition) is 1. The number of ether oxygens (including phenoxy) is 1. The molecule has 1 unspecified atom stereocenters. The summed E-state index contributed by atoms with van der Waals surface area (Å²) < 4.78 is 6.15. The number of rotatable bonds is 4. The van der Waals surface area contributed by atoms with Crippen LogP contribution in [0.25, 0.3) is 0 Å². The number of hydrogen-bond acceptors (Lipinski definition) is 4. The molecule has 5 rings (SSSR count). The van der Waals surface area contributed by atoms with Crippen molar-refractivity contribution in [3.8, 4) is 0 Å². The summed E-state index contributed by atoms with van der Waals surface area (Å²) >= 11 is 0. The molecular formula is C25H24N4O3. The summed E-state index contributed by atoms with van der Waals surface area (Å²) in [5.74, 6) is 0. The predicted octanol–water partition coefficient (Wildman–Crippen LogP) is 3.37. The Morgan fingerprint density at radius 1 is 0.969 bits per heavy atom. The van der Waals surface area contributed by atoms with Crippen LogP contribution in [0.3, 0.4) is 0 Å². The van der Waals surface area contributed by atoms with Crippen molar-refractivity contribution in [3.63, 3.8) is 0 Å². The summed E-state index contributed by atoms with van der Waals surface area (Å²) in [5, 5.41) is 2.98. The van der Waals surface area contributed by atoms with E-state index in [1.54, 1.807) is 22.2 Å². The number of carbonyl (C=O) groups excluding carboxylic acids is 2. The quantitative estimate of drug-likeness (QED) is 0.691. The molecular weight excluding hydrogens is 404 g/mol. The topological polar surface area (TPSA) is 74.8 Å². The maximum Gasteiger partial charge on any atom is 0.411 e. The van der Waals surface area contributed by atoms with E-state index in [9.17, 15) is 9.59 Å². The fourth-order valence-electron chi connectivity index (χ4n) is 4.63. The van der Waals surface area contributed by atoms with E-state index >= 15 is 0 Å². The van der Waals surface area contributed by atoms with Gasteiger partial charge < -0.3 is 15.0 Å². The van der Waals surface area contributed by atoms with Gasteiger partial charge in [0.2, 0.25) is 0 Å². The minimum Gasteiger partial charge on any atom is -0.431 e. The van der Waals surface area contributed by atoms with Gasteiger partial charge in [-0.05, 0) is 17.7 Å². The van der Waals surface area contributed by atoms with Crippen LogP contribution in [-0.2, 0) is 16.9 Å². The van der Waals surface area contributed by atoms with Crippen LogP contribution in [0.5, 0.6) is 0 Å². The van der Waals surface area contributed by atoms with Gasteiger partial charge in [-0.2, -0.15) is 0 Å². The van der Waals surface area contributed by atoms with Gasteiger partial charge in [0.1, 0.15) is 6.04 Å². The summed E-state index contributed by atoms with van der Waals surface area (Å²) in [5.41, 5.74) is 1.79. The first-order valence-electron chi connectivity index (χ1n) is 10.7. The fourth-order valence-corrected chi connectivity index (χ4v) is 4.63. The number of fused-ring (bicyclic) bond motifs is 1. The molecule has 0 aliphatic carbocycles. The number of nitrogens with zero attached hydrogens (tertiary/aromatic N) is 3. The van der Waals surface area contributed by atoms with E-state index in [0.717, 1.165) is 16.7 Å². The summed E-state index contributed by atoms with van der Waals surface area (Å²) in [6, 6.07) is 22.8. The second kappa shape index (κ2) is 8.34. The number of carbonyl (C=O) groups is 2. The van der Waals surface area contributed by atoms with Crippen LogP contribution >= 0.6 is 0 Å². The lowest BCUT2D eigenvalue weighted by Crippen LogP contribution is -2.59. The third-order valence-electron chi connectivity index (χ3n) is 6.22. The summed E-state index contributed by atoms with van der Waals surface area (Å²) in [6.45, 7) is 1.67. The molecule has 3 heterocycles. The average molecular weight is 428 g/mol. The average Bonchev–Trinajstić information content (AvgIpc) is 3.17. The van der Waals surface area contributed by atoms with Crippen molar-refractivity contribution < 1.29 is 14.3 Å². The molecule has 2 fully saturated rings. The lowest BCUT2D eigenvalue weighted by atomic mass is 9.79. The van der Waals surface area contributed by atoms with E-state index in [2.05, 4.69) is 10.3 Å². The Kier molecular flexibility index (Phi) is 5.23. The van der Waals surface area contributed by atoms with Gasteiger partial charge in [0.25, 0.3) is 0 Å². The van der Waals surface area contributed by atoms with Crippen LogP contribution in [0.4, 0.5) is 9.59 Å². The third-order valence-corrected chi connectivity index (χ3v) is 6.22. The molecule has 162 valence electrons. The van der Waals surface area contributed by atoms with E-state index in [1.807, 2.05) is 72.8 Å². The highest BCUT2D eigenvalue weighted by atomic mass is 16.6. The smallest absolute Gasteiger partial charge is 0.411 e. The van der Waals surface area contributed by atoms with Crippen molar-refractivity contribution in [1.82, 2.24) is 20.1 Å². The highest BCUT2D eigenvalue weighted by Gasteiger charge is 2.58. The van der Waals surface area contributed by atoms with Gasteiger partial charge in [-0.1, -0.05) is 60.7 Å². The second-order valence-corrected chi connectivity index (χ2v) is 8.01. The van der Waals surface area contributed by atoms with Crippen LogP contribution in [0.2, 0.25) is 0 Å². The van der Waals surface area contributed by atoms with Gasteiger partial charge in [-0.15, -0.1) is 0 Å². The summed E-state index contributed by atoms with van der Waals surface area (Å²) in [4.78, 5) is 33.4. The lowest BCUT2D eigenvalue weighted by molar-refractivity contribution is 0.0511. The fraction of sp³-hybridized carbons (Fsp3) is 0.240. The molecule has 1 atom stereocenters. The Hall–Kier alpha value is -3.87. The molecule has 7 heteroatoms. The van der Waals surface area contributed by atoms with E-state index in [0.29, 0.717) is 26.2 Å². The van der Waals surface area contributed by atoms with Crippen molar-refractivity contribution in [2.24, 2.45) is 0 Å². The zero-order chi connectivity index (χ0) is 22.0. The Labute approximate surface area is 186 Å². The van der Waals surface area contributed by atoms with Crippen molar-refractivity contribution in [2.75, 3.05) is 19.6 Å². The van der Waals surface area contributed by atoms with Gasteiger partial charge in [-0.25, -0.2) is 9.59 Å². The van der Waals surface area contributed by atoms with Gasteiger partial charge in [-0.3, -0.25) is 9.88 Å². The molecule has 7 nitrogen and oxygen atoms in total. The molecule has 3 amide bonds. The lowest BCUT2D eigenvalue weighted by Gasteiger charge is -2.42. The van der Waals surface area contributed by atoms with Gasteiger partial charge >= 0.3 is 12.1 Å². The van der Waals surface area contributed by atoms with E-state index in [1.165, 1.54) is 0 Å². The monoisotopic (exact) mass is 428 g/mol. The maximum atomic E-state index is 13.0. The SMILES string of the molecule is O=C(NCc1ccncc1)N1CCN2C(=O)OC(c3ccccc3)(c3ccccc3)C2C1. The molecule has 1 aromatic heterocycles. The van der Waals surface area contributed by atoms with Crippen LogP contribution < -0.4 is 5.32 Å². The first-order valence-corrected chi connectivity index (χ1v) is 10.7. The van der Waals surface area contributed by atoms with Crippen LogP contribution in [0.15, 0.2) is 85.2 Å². The minimum atomic E-state index is -0.982. The zero-order valence-corrected chi connectivity index (χ0v) is 17.6. The number of nitrogens with one attached hydrogen (secondary N) is 1. The van der Waals surface area contributed by atoms with Crippen LogP contribution in [0, 0.1) is 0 Å². The number of piperazine rings is 1. The number of pyridine rings is 1. The summed E-state index contributed by atoms with van der Waals surface area (Å²) in [6.07, 6.45) is 3.06. The molecule has 32 heavy (non-hydrogen) atoms. The van der Waals surface area contributed by atoms with Gasteiger partial charge in [0, 0.05) is 49.7 Å². The van der Waals surface area contributed by atoms with E-state index in [-0.39, 0.29) is 18.2 Å². The van der Waals surface area contributed by atoms with Gasteiger partial charge in [0.05, 0.1) is 0 Å². The zero-order valence-electron chi connectivity index (χ0n) is 17.6. The number of urea groups is 1. The Balaban J connectivity index is 1.45. The third kappa shape index (κ3) is 3.45. The number of aromatic nitrogens is 1. The Morgan fingerprint density at radius 2 is 1.59 bits per heavy atom. The van der Waals surface area contributed by atoms with Crippen LogP contribution in [-0.4, -0.2) is 52.6 Å². The predicted molar refractivity (Wildman–Crippen MR) is 119 cm³/mol. The van der Waals surface area contributed by atoms with Crippen molar-refractivity contribution >= 4 is 12.1 Å². The second-order valence-electron chi connectivity index (χ2n) is 8.01. The molecule has 2 aliphatic heterocycles. The highest BCUT2D eigenvalue weighted by molar-refractivity contribution is 5.77. The number of benzene rings is 2. The molecule has 2 saturated heterocycles. The standard InChI is InChI=1S/C25H24N4O3/c30-23(27-17-19-11-13-26-14-12-19)28-15-16-29-22(18-28)25(32-24(29)31,20-7-3-1-4-8-20)21-9-5-2-6-10-21/h1-14,22H,15-18H2,(H,27,30). The Morgan fingerprint density at radius 3 is 2.22 bits per heavy atom. The van der Waals surface area contributed by atoms with Gasteiger partial charge in [0.15, 0.2) is 5.60 Å². The minimum absolute atomic E-state index is 0.157. The first kappa shape index (κ1) is 20.1. The molecule has 3 aromatic rings. The molecule has 0 radical (unpaired) electrons. The molecule has 0 bridgehead atoms. The number of amides is 3. The Bertz CT molecular complexity index is 1050. The normalized spacial score (nSPS) is 19.2. The number of cyclic esters (lactones) is 1. The van der Waals surface area contributed by atoms with Crippen molar-refractivity contribution in [1.29, 1.82) is 0 Å². The molecule has 2 aliphatic rings.